The van der Waals surface area contributed by atoms with Crippen molar-refractivity contribution in [3.05, 3.63) is 18.0 Å². The van der Waals surface area contributed by atoms with Crippen molar-refractivity contribution >= 4 is 29.9 Å². The van der Waals surface area contributed by atoms with E-state index in [1.165, 1.54) is 31.2 Å². The summed E-state index contributed by atoms with van der Waals surface area (Å²) in [4.78, 5) is 6.83. The van der Waals surface area contributed by atoms with Gasteiger partial charge in [0.25, 0.3) is 0 Å². The summed E-state index contributed by atoms with van der Waals surface area (Å²) in [6.45, 7) is 3.22. The first kappa shape index (κ1) is 16.6. The molecule has 1 unspecified atom stereocenters. The molecule has 6 heteroatoms. The highest BCUT2D eigenvalue weighted by Gasteiger charge is 2.27. The number of aliphatic imine (C=N–C) groups is 1. The van der Waals surface area contributed by atoms with Gasteiger partial charge in [-0.05, 0) is 30.7 Å². The van der Waals surface area contributed by atoms with Gasteiger partial charge in [0, 0.05) is 45.8 Å². The van der Waals surface area contributed by atoms with Gasteiger partial charge in [0.15, 0.2) is 5.96 Å². The number of aryl methyl sites for hydroxylation is 1. The first-order chi connectivity index (χ1) is 9.76. The van der Waals surface area contributed by atoms with Crippen molar-refractivity contribution < 1.29 is 0 Å². The number of likely N-dealkylation sites (tertiary alicyclic amines) is 1. The molecular weight excluding hydrogens is 377 g/mol. The van der Waals surface area contributed by atoms with Crippen LogP contribution in [0.3, 0.4) is 0 Å². The summed E-state index contributed by atoms with van der Waals surface area (Å²) in [7, 11) is 3.87. The summed E-state index contributed by atoms with van der Waals surface area (Å²) < 4.78 is 1.89. The maximum atomic E-state index is 4.44. The van der Waals surface area contributed by atoms with Crippen LogP contribution in [-0.4, -0.2) is 47.3 Å². The van der Waals surface area contributed by atoms with Crippen molar-refractivity contribution in [1.29, 1.82) is 0 Å². The van der Waals surface area contributed by atoms with E-state index in [-0.39, 0.29) is 24.0 Å². The molecule has 2 fully saturated rings. The summed E-state index contributed by atoms with van der Waals surface area (Å²) in [5.41, 5.74) is 1.35. The van der Waals surface area contributed by atoms with Gasteiger partial charge in [-0.2, -0.15) is 5.10 Å². The van der Waals surface area contributed by atoms with Crippen LogP contribution >= 0.6 is 24.0 Å². The molecule has 1 N–H and O–H groups in total. The zero-order valence-electron chi connectivity index (χ0n) is 13.0. The summed E-state index contributed by atoms with van der Waals surface area (Å²) in [5, 5.41) is 7.83. The van der Waals surface area contributed by atoms with Crippen LogP contribution in [0.5, 0.6) is 0 Å². The van der Waals surface area contributed by atoms with E-state index in [2.05, 4.69) is 26.5 Å². The van der Waals surface area contributed by atoms with Gasteiger partial charge in [-0.25, -0.2) is 0 Å². The van der Waals surface area contributed by atoms with Gasteiger partial charge in [-0.3, -0.25) is 9.67 Å². The zero-order chi connectivity index (χ0) is 13.9. The van der Waals surface area contributed by atoms with Crippen molar-refractivity contribution in [2.24, 2.45) is 18.0 Å². The Morgan fingerprint density at radius 3 is 2.81 bits per heavy atom. The van der Waals surface area contributed by atoms with E-state index in [1.807, 2.05) is 25.0 Å². The van der Waals surface area contributed by atoms with Crippen molar-refractivity contribution in [3.63, 3.8) is 0 Å². The second-order valence-corrected chi connectivity index (χ2v) is 6.10. The van der Waals surface area contributed by atoms with E-state index in [1.54, 1.807) is 0 Å². The molecule has 1 aromatic heterocycles. The highest BCUT2D eigenvalue weighted by molar-refractivity contribution is 14.0. The van der Waals surface area contributed by atoms with Gasteiger partial charge in [0.1, 0.15) is 0 Å². The second-order valence-electron chi connectivity index (χ2n) is 6.10. The van der Waals surface area contributed by atoms with Crippen LogP contribution in [0.2, 0.25) is 0 Å². The highest BCUT2D eigenvalue weighted by atomic mass is 127. The zero-order valence-corrected chi connectivity index (χ0v) is 15.3. The van der Waals surface area contributed by atoms with Crippen molar-refractivity contribution in [2.75, 3.05) is 26.7 Å². The largest absolute Gasteiger partial charge is 0.356 e. The molecular formula is C15H26IN5. The predicted octanol–water partition coefficient (Wildman–Crippen LogP) is 2.20. The lowest BCUT2D eigenvalue weighted by molar-refractivity contribution is 0.310. The summed E-state index contributed by atoms with van der Waals surface area (Å²) in [5.74, 6) is 2.53. The van der Waals surface area contributed by atoms with E-state index >= 15 is 0 Å². The van der Waals surface area contributed by atoms with Crippen LogP contribution < -0.4 is 5.32 Å². The molecule has 1 saturated carbocycles. The Labute approximate surface area is 144 Å². The van der Waals surface area contributed by atoms with E-state index in [4.69, 9.17) is 0 Å². The average molecular weight is 403 g/mol. The monoisotopic (exact) mass is 403 g/mol. The van der Waals surface area contributed by atoms with Gasteiger partial charge in [-0.1, -0.05) is 6.42 Å². The molecule has 0 spiro atoms. The van der Waals surface area contributed by atoms with E-state index in [0.29, 0.717) is 5.92 Å². The Morgan fingerprint density at radius 1 is 1.43 bits per heavy atom. The molecule has 1 aliphatic carbocycles. The van der Waals surface area contributed by atoms with E-state index in [9.17, 15) is 0 Å². The fourth-order valence-electron chi connectivity index (χ4n) is 3.14. The maximum Gasteiger partial charge on any atom is 0.193 e. The van der Waals surface area contributed by atoms with Crippen LogP contribution in [-0.2, 0) is 7.05 Å². The molecule has 118 valence electrons. The van der Waals surface area contributed by atoms with Crippen LogP contribution in [0.1, 0.15) is 37.2 Å². The minimum atomic E-state index is 0. The molecule has 21 heavy (non-hydrogen) atoms. The van der Waals surface area contributed by atoms with Gasteiger partial charge in [0.2, 0.25) is 0 Å². The molecule has 0 amide bonds. The molecule has 1 atom stereocenters. The van der Waals surface area contributed by atoms with Crippen LogP contribution in [0, 0.1) is 5.92 Å². The Balaban J connectivity index is 0.00000161. The lowest BCUT2D eigenvalue weighted by Crippen LogP contribution is -2.42. The SMILES string of the molecule is CN=C(NCC1CCC1)N1CCC(c2cnn(C)c2)C1.I. The maximum absolute atomic E-state index is 4.44. The fraction of sp³-hybridized carbons (Fsp3) is 0.733. The average Bonchev–Trinajstić information content (AvgIpc) is 3.01. The summed E-state index contributed by atoms with van der Waals surface area (Å²) in [6.07, 6.45) is 9.48. The molecule has 2 heterocycles. The number of rotatable bonds is 3. The normalized spacial score (nSPS) is 22.9. The first-order valence-electron chi connectivity index (χ1n) is 7.70. The molecule has 5 nitrogen and oxygen atoms in total. The molecule has 0 radical (unpaired) electrons. The minimum absolute atomic E-state index is 0. The first-order valence-corrected chi connectivity index (χ1v) is 7.70. The third-order valence-electron chi connectivity index (χ3n) is 4.67. The number of halogens is 1. The van der Waals surface area contributed by atoms with Gasteiger partial charge < -0.3 is 10.2 Å². The van der Waals surface area contributed by atoms with Gasteiger partial charge >= 0.3 is 0 Å². The Hall–Kier alpha value is -0.790. The lowest BCUT2D eigenvalue weighted by atomic mass is 9.85. The molecule has 3 rings (SSSR count). The smallest absolute Gasteiger partial charge is 0.193 e. The highest BCUT2D eigenvalue weighted by Crippen LogP contribution is 2.27. The van der Waals surface area contributed by atoms with E-state index < -0.39 is 0 Å². The van der Waals surface area contributed by atoms with Crippen LogP contribution in [0.4, 0.5) is 0 Å². The van der Waals surface area contributed by atoms with Crippen molar-refractivity contribution in [3.8, 4) is 0 Å². The van der Waals surface area contributed by atoms with Crippen LogP contribution in [0.25, 0.3) is 0 Å². The number of nitrogens with zero attached hydrogens (tertiary/aromatic N) is 4. The molecule has 1 saturated heterocycles. The minimum Gasteiger partial charge on any atom is -0.356 e. The van der Waals surface area contributed by atoms with Crippen molar-refractivity contribution in [1.82, 2.24) is 20.0 Å². The Morgan fingerprint density at radius 2 is 2.24 bits per heavy atom. The standard InChI is InChI=1S/C15H25N5.HI/c1-16-15(17-8-12-4-3-5-12)20-7-6-13(11-20)14-9-18-19(2)10-14;/h9-10,12-13H,3-8,11H2,1-2H3,(H,16,17);1H. The summed E-state index contributed by atoms with van der Waals surface area (Å²) in [6, 6.07) is 0. The number of aromatic nitrogens is 2. The number of hydrogen-bond acceptors (Lipinski definition) is 2. The van der Waals surface area contributed by atoms with Gasteiger partial charge in [0.05, 0.1) is 6.20 Å². The number of guanidine groups is 1. The Bertz CT molecular complexity index is 480. The topological polar surface area (TPSA) is 45.5 Å². The van der Waals surface area contributed by atoms with Crippen LogP contribution in [0.15, 0.2) is 17.4 Å². The molecule has 1 aromatic rings. The quantitative estimate of drug-likeness (QED) is 0.478. The fourth-order valence-corrected chi connectivity index (χ4v) is 3.14. The number of nitrogens with one attached hydrogen (secondary N) is 1. The molecule has 0 aromatic carbocycles. The molecule has 2 aliphatic rings. The number of hydrogen-bond donors (Lipinski definition) is 1. The molecule has 1 aliphatic heterocycles. The third kappa shape index (κ3) is 3.90. The second kappa shape index (κ2) is 7.47. The van der Waals surface area contributed by atoms with Gasteiger partial charge in [-0.15, -0.1) is 24.0 Å². The predicted molar refractivity (Wildman–Crippen MR) is 96.3 cm³/mol. The Kier molecular flexibility index (Phi) is 5.89. The van der Waals surface area contributed by atoms with Crippen molar-refractivity contribution in [2.45, 2.75) is 31.6 Å². The summed E-state index contributed by atoms with van der Waals surface area (Å²) >= 11 is 0. The lowest BCUT2D eigenvalue weighted by Gasteiger charge is -2.28. The third-order valence-corrected chi connectivity index (χ3v) is 4.67. The molecule has 0 bridgehead atoms. The van der Waals surface area contributed by atoms with E-state index in [0.717, 1.165) is 31.5 Å².